The van der Waals surface area contributed by atoms with E-state index in [0.717, 1.165) is 15.7 Å². The van der Waals surface area contributed by atoms with Gasteiger partial charge in [-0.05, 0) is 47.9 Å². The van der Waals surface area contributed by atoms with E-state index in [9.17, 15) is 9.59 Å². The van der Waals surface area contributed by atoms with Crippen molar-refractivity contribution in [3.63, 3.8) is 0 Å². The maximum absolute atomic E-state index is 12.4. The normalized spacial score (nSPS) is 19.7. The largest absolute Gasteiger partial charge is 0.467 e. The molecule has 0 aliphatic carbocycles. The minimum Gasteiger partial charge on any atom is -0.467 e. The topological polar surface area (TPSA) is 46.6 Å². The number of esters is 1. The summed E-state index contributed by atoms with van der Waals surface area (Å²) < 4.78 is 5.85. The molecule has 1 aliphatic rings. The quantitative estimate of drug-likeness (QED) is 0.586. The van der Waals surface area contributed by atoms with Crippen LogP contribution in [0, 0.1) is 2.88 Å². The number of carbonyl (C=O) groups is 2. The van der Waals surface area contributed by atoms with Crippen molar-refractivity contribution in [2.75, 3.05) is 13.7 Å². The molecule has 98 valence electrons. The summed E-state index contributed by atoms with van der Waals surface area (Å²) in [5, 5.41) is 1.84. The number of thiophene rings is 1. The third-order valence-electron chi connectivity index (χ3n) is 3.05. The Bertz CT molecular complexity index is 460. The number of piperidine rings is 1. The number of halogens is 1. The maximum atomic E-state index is 12.4. The molecular formula is C12H14INO3S. The van der Waals surface area contributed by atoms with Gasteiger partial charge in [0.2, 0.25) is 0 Å². The molecule has 18 heavy (non-hydrogen) atoms. The van der Waals surface area contributed by atoms with Crippen molar-refractivity contribution in [2.45, 2.75) is 25.3 Å². The second-order valence-electron chi connectivity index (χ2n) is 4.17. The van der Waals surface area contributed by atoms with Crippen LogP contribution in [0.4, 0.5) is 0 Å². The Labute approximate surface area is 123 Å². The van der Waals surface area contributed by atoms with Gasteiger partial charge in [-0.1, -0.05) is 0 Å². The third kappa shape index (κ3) is 2.85. The van der Waals surface area contributed by atoms with Gasteiger partial charge in [-0.25, -0.2) is 4.79 Å². The summed E-state index contributed by atoms with van der Waals surface area (Å²) in [6, 6.07) is 1.44. The second kappa shape index (κ2) is 6.01. The molecule has 1 amide bonds. The molecule has 1 aromatic rings. The first-order valence-corrected chi connectivity index (χ1v) is 7.72. The number of methoxy groups -OCH3 is 1. The number of rotatable bonds is 2. The van der Waals surface area contributed by atoms with E-state index in [2.05, 4.69) is 22.6 Å². The minimum absolute atomic E-state index is 0.0655. The standard InChI is InChI=1S/C12H14INO3S/c1-17-12(16)9-4-2-3-5-14(9)11(15)8-6-10(13)18-7-8/h6-7,9H,2-5H2,1H3. The molecule has 1 saturated heterocycles. The van der Waals surface area contributed by atoms with Crippen molar-refractivity contribution in [1.82, 2.24) is 4.90 Å². The van der Waals surface area contributed by atoms with Crippen LogP contribution in [0.25, 0.3) is 0 Å². The summed E-state index contributed by atoms with van der Waals surface area (Å²) in [6.45, 7) is 0.630. The fourth-order valence-electron chi connectivity index (χ4n) is 2.14. The van der Waals surface area contributed by atoms with Crippen LogP contribution in [-0.4, -0.2) is 36.5 Å². The van der Waals surface area contributed by atoms with Gasteiger partial charge < -0.3 is 9.64 Å². The molecule has 0 bridgehead atoms. The zero-order chi connectivity index (χ0) is 13.1. The van der Waals surface area contributed by atoms with E-state index in [1.54, 1.807) is 4.90 Å². The average molecular weight is 379 g/mol. The zero-order valence-corrected chi connectivity index (χ0v) is 13.0. The Morgan fingerprint density at radius 1 is 1.50 bits per heavy atom. The zero-order valence-electron chi connectivity index (χ0n) is 10.0. The van der Waals surface area contributed by atoms with Crippen molar-refractivity contribution in [3.8, 4) is 0 Å². The summed E-state index contributed by atoms with van der Waals surface area (Å²) >= 11 is 3.72. The lowest BCUT2D eigenvalue weighted by molar-refractivity contribution is -0.147. The molecule has 0 radical (unpaired) electrons. The van der Waals surface area contributed by atoms with E-state index in [0.29, 0.717) is 18.5 Å². The number of likely N-dealkylation sites (tertiary alicyclic amines) is 1. The van der Waals surface area contributed by atoms with E-state index in [1.165, 1.54) is 18.4 Å². The van der Waals surface area contributed by atoms with Gasteiger partial charge in [-0.3, -0.25) is 4.79 Å². The van der Waals surface area contributed by atoms with Crippen molar-refractivity contribution in [1.29, 1.82) is 0 Å². The van der Waals surface area contributed by atoms with Gasteiger partial charge in [0.05, 0.1) is 15.6 Å². The number of carbonyl (C=O) groups excluding carboxylic acids is 2. The predicted molar refractivity (Wildman–Crippen MR) is 77.7 cm³/mol. The maximum Gasteiger partial charge on any atom is 0.328 e. The number of hydrogen-bond donors (Lipinski definition) is 0. The number of amides is 1. The minimum atomic E-state index is -0.422. The van der Waals surface area contributed by atoms with Gasteiger partial charge in [0, 0.05) is 11.9 Å². The molecule has 1 aromatic heterocycles. The summed E-state index contributed by atoms with van der Waals surface area (Å²) in [5.41, 5.74) is 0.667. The Balaban J connectivity index is 2.18. The Kier molecular flexibility index (Phi) is 4.60. The fourth-order valence-corrected chi connectivity index (χ4v) is 3.46. The number of nitrogens with zero attached hydrogens (tertiary/aromatic N) is 1. The van der Waals surface area contributed by atoms with Gasteiger partial charge in [-0.15, -0.1) is 11.3 Å². The summed E-state index contributed by atoms with van der Waals surface area (Å²) in [4.78, 5) is 25.7. The van der Waals surface area contributed by atoms with Crippen LogP contribution in [-0.2, 0) is 9.53 Å². The highest BCUT2D eigenvalue weighted by atomic mass is 127. The Morgan fingerprint density at radius 2 is 2.28 bits per heavy atom. The molecule has 1 fully saturated rings. The first kappa shape index (κ1) is 13.8. The van der Waals surface area contributed by atoms with E-state index >= 15 is 0 Å². The van der Waals surface area contributed by atoms with Crippen molar-refractivity contribution < 1.29 is 14.3 Å². The molecular weight excluding hydrogens is 365 g/mol. The highest BCUT2D eigenvalue weighted by Gasteiger charge is 2.33. The first-order chi connectivity index (χ1) is 8.63. The van der Waals surface area contributed by atoms with Gasteiger partial charge in [0.25, 0.3) is 5.91 Å². The van der Waals surface area contributed by atoms with E-state index < -0.39 is 6.04 Å². The SMILES string of the molecule is COC(=O)C1CCCCN1C(=O)c1csc(I)c1. The van der Waals surface area contributed by atoms with Crippen LogP contribution in [0.2, 0.25) is 0 Å². The molecule has 2 heterocycles. The highest BCUT2D eigenvalue weighted by Crippen LogP contribution is 2.23. The smallest absolute Gasteiger partial charge is 0.328 e. The molecule has 0 saturated carbocycles. The molecule has 1 aliphatic heterocycles. The molecule has 2 rings (SSSR count). The van der Waals surface area contributed by atoms with Crippen molar-refractivity contribution >= 4 is 45.8 Å². The lowest BCUT2D eigenvalue weighted by Gasteiger charge is -2.33. The second-order valence-corrected chi connectivity index (χ2v) is 6.98. The number of hydrogen-bond acceptors (Lipinski definition) is 4. The van der Waals surface area contributed by atoms with E-state index in [4.69, 9.17) is 4.74 Å². The van der Waals surface area contributed by atoms with Gasteiger partial charge >= 0.3 is 5.97 Å². The molecule has 6 heteroatoms. The lowest BCUT2D eigenvalue weighted by atomic mass is 10.0. The monoisotopic (exact) mass is 379 g/mol. The summed E-state index contributed by atoms with van der Waals surface area (Å²) in [7, 11) is 1.37. The first-order valence-electron chi connectivity index (χ1n) is 5.76. The molecule has 1 atom stereocenters. The predicted octanol–water partition coefficient (Wildman–Crippen LogP) is 2.52. The number of ether oxygens (including phenoxy) is 1. The van der Waals surface area contributed by atoms with Crippen molar-refractivity contribution in [2.24, 2.45) is 0 Å². The van der Waals surface area contributed by atoms with E-state index in [1.807, 2.05) is 11.4 Å². The van der Waals surface area contributed by atoms with E-state index in [-0.39, 0.29) is 11.9 Å². The molecule has 4 nitrogen and oxygen atoms in total. The third-order valence-corrected chi connectivity index (χ3v) is 4.84. The summed E-state index contributed by atoms with van der Waals surface area (Å²) in [6.07, 6.45) is 2.60. The lowest BCUT2D eigenvalue weighted by Crippen LogP contribution is -2.48. The fraction of sp³-hybridized carbons (Fsp3) is 0.500. The Morgan fingerprint density at radius 3 is 2.89 bits per heavy atom. The van der Waals surface area contributed by atoms with Crippen LogP contribution < -0.4 is 0 Å². The Hall–Kier alpha value is -0.630. The molecule has 1 unspecified atom stereocenters. The van der Waals surface area contributed by atoms with Crippen LogP contribution in [0.15, 0.2) is 11.4 Å². The van der Waals surface area contributed by atoms with Gasteiger partial charge in [0.15, 0.2) is 0 Å². The van der Waals surface area contributed by atoms with Gasteiger partial charge in [0.1, 0.15) is 6.04 Å². The van der Waals surface area contributed by atoms with Crippen molar-refractivity contribution in [3.05, 3.63) is 19.9 Å². The molecule has 0 spiro atoms. The molecule has 0 aromatic carbocycles. The molecule has 0 N–H and O–H groups in total. The average Bonchev–Trinajstić information content (AvgIpc) is 2.83. The van der Waals surface area contributed by atoms with Crippen LogP contribution in [0.1, 0.15) is 29.6 Å². The van der Waals surface area contributed by atoms with Gasteiger partial charge in [-0.2, -0.15) is 0 Å². The summed E-state index contributed by atoms with van der Waals surface area (Å²) in [5.74, 6) is -0.378. The van der Waals surface area contributed by atoms with Crippen LogP contribution >= 0.6 is 33.9 Å². The van der Waals surface area contributed by atoms with Crippen LogP contribution in [0.5, 0.6) is 0 Å². The van der Waals surface area contributed by atoms with Crippen LogP contribution in [0.3, 0.4) is 0 Å². The highest BCUT2D eigenvalue weighted by molar-refractivity contribution is 14.1.